The summed E-state index contributed by atoms with van der Waals surface area (Å²) in [7, 11) is 0. The van der Waals surface area contributed by atoms with E-state index in [4.69, 9.17) is 10.8 Å². The summed E-state index contributed by atoms with van der Waals surface area (Å²) in [6, 6.07) is -0.855. The fraction of sp³-hybridized carbons (Fsp3) is 0.818. The highest BCUT2D eigenvalue weighted by molar-refractivity contribution is 5.86. The Morgan fingerprint density at radius 2 is 1.75 bits per heavy atom. The first-order chi connectivity index (χ1) is 7.07. The molecule has 3 N–H and O–H groups in total. The van der Waals surface area contributed by atoms with Crippen LogP contribution in [0.5, 0.6) is 0 Å². The summed E-state index contributed by atoms with van der Waals surface area (Å²) in [5, 5.41) is 8.73. The van der Waals surface area contributed by atoms with E-state index in [-0.39, 0.29) is 23.9 Å². The molecule has 94 valence electrons. The highest BCUT2D eigenvalue weighted by atomic mass is 16.4. The molecular formula is C11H22N2O3. The Morgan fingerprint density at radius 1 is 1.31 bits per heavy atom. The summed E-state index contributed by atoms with van der Waals surface area (Å²) in [6.07, 6.45) is 0. The molecule has 1 atom stereocenters. The largest absolute Gasteiger partial charge is 0.480 e. The Morgan fingerprint density at radius 3 is 2.00 bits per heavy atom. The fourth-order valence-electron chi connectivity index (χ4n) is 1.21. The van der Waals surface area contributed by atoms with Crippen molar-refractivity contribution in [3.05, 3.63) is 0 Å². The number of rotatable bonds is 4. The Labute approximate surface area is 96.6 Å². The molecule has 0 aliphatic carbocycles. The van der Waals surface area contributed by atoms with Gasteiger partial charge in [-0.25, -0.2) is 0 Å². The lowest BCUT2D eigenvalue weighted by Gasteiger charge is -2.33. The van der Waals surface area contributed by atoms with Gasteiger partial charge in [-0.15, -0.1) is 0 Å². The van der Waals surface area contributed by atoms with Crippen LogP contribution in [0, 0.1) is 5.41 Å². The monoisotopic (exact) mass is 230 g/mol. The van der Waals surface area contributed by atoms with Crippen molar-refractivity contribution in [2.24, 2.45) is 11.1 Å². The van der Waals surface area contributed by atoms with Crippen LogP contribution in [0.1, 0.15) is 34.6 Å². The number of carbonyl (C=O) groups excluding carboxylic acids is 1. The van der Waals surface area contributed by atoms with E-state index in [1.54, 1.807) is 13.8 Å². The molecule has 0 aromatic rings. The lowest BCUT2D eigenvalue weighted by Crippen LogP contribution is -2.53. The van der Waals surface area contributed by atoms with Crippen LogP contribution in [0.3, 0.4) is 0 Å². The Bertz CT molecular complexity index is 269. The van der Waals surface area contributed by atoms with E-state index < -0.39 is 12.0 Å². The predicted octanol–water partition coefficient (Wildman–Crippen LogP) is 0.681. The number of carboxylic acids is 1. The standard InChI is InChI=1S/C11H22N2O3/c1-7(2)13(6-8(14)15)10(16)9(12)11(3,4)5/h7,9H,6,12H2,1-5H3,(H,14,15)/t9-/m0/s1. The zero-order chi connectivity index (χ0) is 13.1. The van der Waals surface area contributed by atoms with Crippen LogP contribution in [0.25, 0.3) is 0 Å². The Hall–Kier alpha value is -1.10. The second-order valence-corrected chi connectivity index (χ2v) is 5.30. The number of aliphatic carboxylic acids is 1. The van der Waals surface area contributed by atoms with Crippen LogP contribution < -0.4 is 5.73 Å². The minimum absolute atomic E-state index is 0.169. The quantitative estimate of drug-likeness (QED) is 0.744. The summed E-state index contributed by atoms with van der Waals surface area (Å²) in [5.41, 5.74) is 5.45. The number of carboxylic acid groups (broad SMARTS) is 1. The van der Waals surface area contributed by atoms with E-state index in [0.717, 1.165) is 0 Å². The number of carbonyl (C=O) groups is 2. The molecule has 5 nitrogen and oxygen atoms in total. The Balaban J connectivity index is 4.82. The molecule has 0 aromatic carbocycles. The zero-order valence-electron chi connectivity index (χ0n) is 10.7. The van der Waals surface area contributed by atoms with Gasteiger partial charge in [0.05, 0.1) is 6.04 Å². The Kier molecular flexibility index (Phi) is 4.93. The third-order valence-electron chi connectivity index (χ3n) is 2.41. The van der Waals surface area contributed by atoms with E-state index in [2.05, 4.69) is 0 Å². The van der Waals surface area contributed by atoms with Gasteiger partial charge >= 0.3 is 5.97 Å². The second-order valence-electron chi connectivity index (χ2n) is 5.30. The maximum Gasteiger partial charge on any atom is 0.323 e. The molecule has 0 aliphatic rings. The maximum absolute atomic E-state index is 12.0. The van der Waals surface area contributed by atoms with Crippen molar-refractivity contribution in [3.63, 3.8) is 0 Å². The zero-order valence-corrected chi connectivity index (χ0v) is 10.7. The van der Waals surface area contributed by atoms with Crippen LogP contribution in [0.15, 0.2) is 0 Å². The van der Waals surface area contributed by atoms with Crippen molar-refractivity contribution in [2.45, 2.75) is 46.7 Å². The predicted molar refractivity (Wildman–Crippen MR) is 61.9 cm³/mol. The number of hydrogen-bond donors (Lipinski definition) is 2. The molecule has 1 amide bonds. The number of nitrogens with zero attached hydrogens (tertiary/aromatic N) is 1. The van der Waals surface area contributed by atoms with E-state index in [0.29, 0.717) is 0 Å². The van der Waals surface area contributed by atoms with Gasteiger partial charge in [0.2, 0.25) is 5.91 Å². The van der Waals surface area contributed by atoms with Crippen molar-refractivity contribution in [2.75, 3.05) is 6.54 Å². The van der Waals surface area contributed by atoms with Crippen molar-refractivity contribution in [3.8, 4) is 0 Å². The molecule has 0 aromatic heterocycles. The molecule has 0 saturated carbocycles. The molecule has 0 rings (SSSR count). The van der Waals surface area contributed by atoms with Gasteiger partial charge in [0.25, 0.3) is 0 Å². The highest BCUT2D eigenvalue weighted by Gasteiger charge is 2.32. The van der Waals surface area contributed by atoms with Crippen LogP contribution >= 0.6 is 0 Å². The first kappa shape index (κ1) is 14.9. The third-order valence-corrected chi connectivity index (χ3v) is 2.41. The van der Waals surface area contributed by atoms with Crippen molar-refractivity contribution in [1.29, 1.82) is 0 Å². The fourth-order valence-corrected chi connectivity index (χ4v) is 1.21. The highest BCUT2D eigenvalue weighted by Crippen LogP contribution is 2.19. The van der Waals surface area contributed by atoms with Crippen LogP contribution in [0.4, 0.5) is 0 Å². The molecule has 0 radical (unpaired) electrons. The van der Waals surface area contributed by atoms with Crippen molar-refractivity contribution in [1.82, 2.24) is 4.90 Å². The topological polar surface area (TPSA) is 83.6 Å². The van der Waals surface area contributed by atoms with Crippen LogP contribution in [-0.2, 0) is 9.59 Å². The van der Waals surface area contributed by atoms with E-state index in [1.165, 1.54) is 4.90 Å². The summed E-state index contributed by atoms with van der Waals surface area (Å²) < 4.78 is 0. The normalized spacial score (nSPS) is 13.7. The average Bonchev–Trinajstić information content (AvgIpc) is 2.09. The lowest BCUT2D eigenvalue weighted by molar-refractivity contribution is -0.147. The van der Waals surface area contributed by atoms with Crippen LogP contribution in [0.2, 0.25) is 0 Å². The molecule has 0 heterocycles. The molecule has 0 spiro atoms. The van der Waals surface area contributed by atoms with Gasteiger partial charge in [0.15, 0.2) is 0 Å². The lowest BCUT2D eigenvalue weighted by atomic mass is 9.86. The summed E-state index contributed by atoms with van der Waals surface area (Å²) >= 11 is 0. The molecule has 0 unspecified atom stereocenters. The summed E-state index contributed by atoms with van der Waals surface area (Å²) in [5.74, 6) is -1.34. The van der Waals surface area contributed by atoms with Gasteiger partial charge in [-0.05, 0) is 19.3 Å². The first-order valence-electron chi connectivity index (χ1n) is 5.35. The van der Waals surface area contributed by atoms with Gasteiger partial charge < -0.3 is 15.7 Å². The SMILES string of the molecule is CC(C)N(CC(=O)O)C(=O)[C@H](N)C(C)(C)C. The minimum Gasteiger partial charge on any atom is -0.480 e. The van der Waals surface area contributed by atoms with E-state index in [9.17, 15) is 9.59 Å². The molecule has 16 heavy (non-hydrogen) atoms. The summed E-state index contributed by atoms with van der Waals surface area (Å²) in [4.78, 5) is 24.0. The van der Waals surface area contributed by atoms with Gasteiger partial charge in [-0.3, -0.25) is 9.59 Å². The first-order valence-corrected chi connectivity index (χ1v) is 5.35. The van der Waals surface area contributed by atoms with Gasteiger partial charge in [-0.1, -0.05) is 20.8 Å². The molecule has 0 fully saturated rings. The van der Waals surface area contributed by atoms with E-state index >= 15 is 0 Å². The van der Waals surface area contributed by atoms with Crippen molar-refractivity contribution >= 4 is 11.9 Å². The summed E-state index contributed by atoms with van der Waals surface area (Å²) in [6.45, 7) is 8.81. The minimum atomic E-state index is -1.02. The molecule has 5 heteroatoms. The van der Waals surface area contributed by atoms with E-state index in [1.807, 2.05) is 20.8 Å². The number of amides is 1. The molecule has 0 aliphatic heterocycles. The second kappa shape index (κ2) is 5.30. The maximum atomic E-state index is 12.0. The number of nitrogens with two attached hydrogens (primary N) is 1. The van der Waals surface area contributed by atoms with Crippen LogP contribution in [-0.4, -0.2) is 40.5 Å². The van der Waals surface area contributed by atoms with Gasteiger partial charge in [-0.2, -0.15) is 0 Å². The molecule has 0 saturated heterocycles. The third kappa shape index (κ3) is 4.18. The molecular weight excluding hydrogens is 208 g/mol. The van der Waals surface area contributed by atoms with Gasteiger partial charge in [0, 0.05) is 6.04 Å². The van der Waals surface area contributed by atoms with Crippen molar-refractivity contribution < 1.29 is 14.7 Å². The molecule has 0 bridgehead atoms. The number of hydrogen-bond acceptors (Lipinski definition) is 3. The smallest absolute Gasteiger partial charge is 0.323 e. The average molecular weight is 230 g/mol. The van der Waals surface area contributed by atoms with Gasteiger partial charge in [0.1, 0.15) is 6.54 Å².